The molecule has 5 heteroatoms. The zero-order valence-corrected chi connectivity index (χ0v) is 9.94. The molecule has 0 fully saturated rings. The number of aliphatic hydroxyl groups excluding tert-OH is 1. The molecule has 0 saturated heterocycles. The van der Waals surface area contributed by atoms with Gasteiger partial charge in [0.25, 0.3) is 0 Å². The Labute approximate surface area is 104 Å². The monoisotopic (exact) mass is 255 g/mol. The Hall–Kier alpha value is -2.01. The van der Waals surface area contributed by atoms with Crippen molar-refractivity contribution in [3.63, 3.8) is 0 Å². The molecule has 0 aliphatic rings. The van der Waals surface area contributed by atoms with Crippen molar-refractivity contribution in [3.8, 4) is 0 Å². The predicted molar refractivity (Wildman–Crippen MR) is 66.6 cm³/mol. The quantitative estimate of drug-likeness (QED) is 0.640. The van der Waals surface area contributed by atoms with E-state index in [0.29, 0.717) is 6.29 Å². The molecule has 0 spiro atoms. The summed E-state index contributed by atoms with van der Waals surface area (Å²) in [6.07, 6.45) is 2.42. The minimum absolute atomic E-state index is 0.110. The van der Waals surface area contributed by atoms with Gasteiger partial charge in [0.15, 0.2) is 0 Å². The SMILES string of the molecule is CO.N/C(=C\C=C(\F)CC=O)c1ccccc1F. The van der Waals surface area contributed by atoms with E-state index in [2.05, 4.69) is 0 Å². The number of carbonyl (C=O) groups excluding carboxylic acids is 1. The summed E-state index contributed by atoms with van der Waals surface area (Å²) in [5.74, 6) is -1.09. The number of aliphatic hydroxyl groups is 1. The lowest BCUT2D eigenvalue weighted by atomic mass is 10.1. The van der Waals surface area contributed by atoms with Crippen LogP contribution in [0, 0.1) is 5.82 Å². The lowest BCUT2D eigenvalue weighted by molar-refractivity contribution is -0.107. The molecule has 98 valence electrons. The van der Waals surface area contributed by atoms with Gasteiger partial charge < -0.3 is 15.6 Å². The van der Waals surface area contributed by atoms with Crippen LogP contribution < -0.4 is 5.73 Å². The first-order valence-electron chi connectivity index (χ1n) is 5.10. The highest BCUT2D eigenvalue weighted by Gasteiger charge is 2.02. The Morgan fingerprint density at radius 3 is 2.50 bits per heavy atom. The van der Waals surface area contributed by atoms with Crippen LogP contribution >= 0.6 is 0 Å². The van der Waals surface area contributed by atoms with E-state index in [1.54, 1.807) is 6.07 Å². The van der Waals surface area contributed by atoms with Crippen molar-refractivity contribution in [2.75, 3.05) is 7.11 Å². The largest absolute Gasteiger partial charge is 0.400 e. The number of nitrogens with two attached hydrogens (primary N) is 1. The molecular weight excluding hydrogens is 240 g/mol. The first kappa shape index (κ1) is 16.0. The van der Waals surface area contributed by atoms with E-state index in [4.69, 9.17) is 10.8 Å². The second-order valence-corrected chi connectivity index (χ2v) is 3.09. The first-order valence-corrected chi connectivity index (χ1v) is 5.10. The molecule has 1 rings (SSSR count). The normalized spacial score (nSPS) is 11.6. The molecule has 1 aromatic rings. The Kier molecular flexibility index (Phi) is 8.05. The van der Waals surface area contributed by atoms with Gasteiger partial charge in [-0.15, -0.1) is 0 Å². The van der Waals surface area contributed by atoms with E-state index in [1.165, 1.54) is 24.3 Å². The Balaban J connectivity index is 0.00000137. The molecule has 0 radical (unpaired) electrons. The first-order chi connectivity index (χ1) is 8.65. The zero-order chi connectivity index (χ0) is 14.0. The third-order valence-corrected chi connectivity index (χ3v) is 1.91. The van der Waals surface area contributed by atoms with Crippen LogP contribution in [0.3, 0.4) is 0 Å². The predicted octanol–water partition coefficient (Wildman–Crippen LogP) is 2.18. The number of rotatable bonds is 4. The van der Waals surface area contributed by atoms with Crippen LogP contribution in [0.4, 0.5) is 8.78 Å². The fourth-order valence-corrected chi connectivity index (χ4v) is 1.11. The molecule has 1 aromatic carbocycles. The number of carbonyl (C=O) groups is 1. The summed E-state index contributed by atoms with van der Waals surface area (Å²) in [4.78, 5) is 9.99. The van der Waals surface area contributed by atoms with Gasteiger partial charge in [-0.3, -0.25) is 0 Å². The molecule has 0 aromatic heterocycles. The van der Waals surface area contributed by atoms with Crippen molar-refractivity contribution in [2.45, 2.75) is 6.42 Å². The van der Waals surface area contributed by atoms with Crippen molar-refractivity contribution >= 4 is 12.0 Å². The average Bonchev–Trinajstić information content (AvgIpc) is 2.39. The lowest BCUT2D eigenvalue weighted by Gasteiger charge is -2.01. The molecule has 0 aliphatic heterocycles. The number of benzene rings is 1. The number of hydrogen-bond donors (Lipinski definition) is 2. The Bertz CT molecular complexity index is 442. The van der Waals surface area contributed by atoms with Gasteiger partial charge in [-0.25, -0.2) is 8.78 Å². The molecular formula is C13H15F2NO2. The van der Waals surface area contributed by atoms with Crippen molar-refractivity contribution < 1.29 is 18.7 Å². The maximum Gasteiger partial charge on any atom is 0.132 e. The van der Waals surface area contributed by atoms with Crippen molar-refractivity contribution in [1.82, 2.24) is 0 Å². The number of halogens is 2. The summed E-state index contributed by atoms with van der Waals surface area (Å²) >= 11 is 0. The van der Waals surface area contributed by atoms with E-state index < -0.39 is 11.6 Å². The van der Waals surface area contributed by atoms with Gasteiger partial charge in [0.05, 0.1) is 6.42 Å². The Morgan fingerprint density at radius 2 is 1.94 bits per heavy atom. The second kappa shape index (κ2) is 9.07. The topological polar surface area (TPSA) is 63.3 Å². The van der Waals surface area contributed by atoms with Crippen molar-refractivity contribution in [3.05, 3.63) is 53.6 Å². The third kappa shape index (κ3) is 5.36. The summed E-state index contributed by atoms with van der Waals surface area (Å²) in [5, 5.41) is 7.00. The summed E-state index contributed by atoms with van der Waals surface area (Å²) in [6.45, 7) is 0. The summed E-state index contributed by atoms with van der Waals surface area (Å²) in [5.41, 5.74) is 5.88. The second-order valence-electron chi connectivity index (χ2n) is 3.09. The maximum atomic E-state index is 13.2. The van der Waals surface area contributed by atoms with Crippen LogP contribution in [0.15, 0.2) is 42.2 Å². The van der Waals surface area contributed by atoms with Crippen LogP contribution in [0.2, 0.25) is 0 Å². The van der Waals surface area contributed by atoms with Gasteiger partial charge in [0, 0.05) is 18.4 Å². The summed E-state index contributed by atoms with van der Waals surface area (Å²) in [7, 11) is 1.00. The Morgan fingerprint density at radius 1 is 1.33 bits per heavy atom. The molecule has 0 saturated carbocycles. The minimum Gasteiger partial charge on any atom is -0.400 e. The van der Waals surface area contributed by atoms with Gasteiger partial charge in [-0.1, -0.05) is 12.1 Å². The molecule has 0 heterocycles. The van der Waals surface area contributed by atoms with Gasteiger partial charge in [-0.05, 0) is 24.3 Å². The highest BCUT2D eigenvalue weighted by Crippen LogP contribution is 2.14. The standard InChI is InChI=1S/C12H11F2NO.CH4O/c13-9(7-8-16)5-6-12(15)10-3-1-2-4-11(10)14;1-2/h1-6,8H,7,15H2;2H,1H3/b9-5+,12-6-;. The fraction of sp³-hybridized carbons (Fsp3) is 0.154. The van der Waals surface area contributed by atoms with Crippen LogP contribution in [0.5, 0.6) is 0 Å². The summed E-state index contributed by atoms with van der Waals surface area (Å²) < 4.78 is 26.0. The van der Waals surface area contributed by atoms with E-state index in [1.807, 2.05) is 0 Å². The van der Waals surface area contributed by atoms with Crippen LogP contribution in [0.25, 0.3) is 5.70 Å². The summed E-state index contributed by atoms with van der Waals surface area (Å²) in [6, 6.07) is 5.92. The van der Waals surface area contributed by atoms with Crippen LogP contribution in [-0.2, 0) is 4.79 Å². The van der Waals surface area contributed by atoms with E-state index in [0.717, 1.165) is 13.2 Å². The zero-order valence-electron chi connectivity index (χ0n) is 9.94. The van der Waals surface area contributed by atoms with Gasteiger partial charge >= 0.3 is 0 Å². The average molecular weight is 255 g/mol. The van der Waals surface area contributed by atoms with Crippen LogP contribution in [0.1, 0.15) is 12.0 Å². The highest BCUT2D eigenvalue weighted by molar-refractivity contribution is 5.65. The fourth-order valence-electron chi connectivity index (χ4n) is 1.11. The van der Waals surface area contributed by atoms with Crippen molar-refractivity contribution in [2.24, 2.45) is 5.73 Å². The van der Waals surface area contributed by atoms with E-state index in [-0.39, 0.29) is 17.7 Å². The molecule has 0 amide bonds. The van der Waals surface area contributed by atoms with Crippen molar-refractivity contribution in [1.29, 1.82) is 0 Å². The number of aldehydes is 1. The maximum absolute atomic E-state index is 13.2. The van der Waals surface area contributed by atoms with Gasteiger partial charge in [-0.2, -0.15) is 0 Å². The number of hydrogen-bond acceptors (Lipinski definition) is 3. The van der Waals surface area contributed by atoms with Crippen LogP contribution in [-0.4, -0.2) is 18.5 Å². The molecule has 3 nitrogen and oxygen atoms in total. The van der Waals surface area contributed by atoms with Gasteiger partial charge in [0.2, 0.25) is 0 Å². The molecule has 0 unspecified atom stereocenters. The molecule has 3 N–H and O–H groups in total. The van der Waals surface area contributed by atoms with E-state index >= 15 is 0 Å². The number of allylic oxidation sites excluding steroid dienone is 3. The minimum atomic E-state index is -0.616. The molecule has 0 aliphatic carbocycles. The van der Waals surface area contributed by atoms with Gasteiger partial charge in [0.1, 0.15) is 17.9 Å². The lowest BCUT2D eigenvalue weighted by Crippen LogP contribution is -1.98. The van der Waals surface area contributed by atoms with E-state index in [9.17, 15) is 13.6 Å². The smallest absolute Gasteiger partial charge is 0.132 e. The molecule has 0 atom stereocenters. The third-order valence-electron chi connectivity index (χ3n) is 1.91. The molecule has 0 bridgehead atoms. The molecule has 18 heavy (non-hydrogen) atoms. The highest BCUT2D eigenvalue weighted by atomic mass is 19.1.